The van der Waals surface area contributed by atoms with Gasteiger partial charge in [0.25, 0.3) is 5.56 Å². The van der Waals surface area contributed by atoms with Crippen LogP contribution in [0.1, 0.15) is 24.6 Å². The van der Waals surface area contributed by atoms with Gasteiger partial charge in [0.05, 0.1) is 24.4 Å². The van der Waals surface area contributed by atoms with E-state index < -0.39 is 0 Å². The van der Waals surface area contributed by atoms with Crippen LogP contribution in [-0.4, -0.2) is 63.2 Å². The lowest BCUT2D eigenvalue weighted by Gasteiger charge is -2.28. The van der Waals surface area contributed by atoms with E-state index in [1.54, 1.807) is 18.8 Å². The van der Waals surface area contributed by atoms with Crippen molar-refractivity contribution in [3.8, 4) is 11.4 Å². The molecule has 7 heteroatoms. The standard InChI is InChI=1S/C23H34N4O3/c1-8-26-22(20-10-9-17(25(4)5)11-15(20)2)24-16(3)21(23(26)28)27-13-19(30-7)12-18(27)14-29-6/h9-11,18-19H,8,12-14H2,1-7H3/t18-,19+/m0/s1. The van der Waals surface area contributed by atoms with Gasteiger partial charge in [0.1, 0.15) is 11.5 Å². The molecule has 1 saturated heterocycles. The summed E-state index contributed by atoms with van der Waals surface area (Å²) in [6, 6.07) is 6.35. The highest BCUT2D eigenvalue weighted by Gasteiger charge is 2.35. The minimum absolute atomic E-state index is 0.00561. The molecular weight excluding hydrogens is 380 g/mol. The molecule has 0 spiro atoms. The number of hydrogen-bond acceptors (Lipinski definition) is 6. The number of aryl methyl sites for hydroxylation is 2. The van der Waals surface area contributed by atoms with Crippen LogP contribution in [0, 0.1) is 13.8 Å². The van der Waals surface area contributed by atoms with Gasteiger partial charge in [-0.1, -0.05) is 0 Å². The van der Waals surface area contributed by atoms with Crippen LogP contribution in [0.3, 0.4) is 0 Å². The van der Waals surface area contributed by atoms with Crippen LogP contribution in [0.25, 0.3) is 11.4 Å². The molecule has 0 unspecified atom stereocenters. The maximum Gasteiger partial charge on any atom is 0.277 e. The highest BCUT2D eigenvalue weighted by atomic mass is 16.5. The Bertz CT molecular complexity index is 954. The van der Waals surface area contributed by atoms with Crippen LogP contribution in [-0.2, 0) is 16.0 Å². The molecule has 0 bridgehead atoms. The van der Waals surface area contributed by atoms with Gasteiger partial charge in [-0.05, 0) is 51.0 Å². The Hall–Kier alpha value is -2.38. The topological polar surface area (TPSA) is 59.8 Å². The summed E-state index contributed by atoms with van der Waals surface area (Å²) < 4.78 is 12.8. The minimum atomic E-state index is -0.00561. The van der Waals surface area contributed by atoms with E-state index in [9.17, 15) is 4.79 Å². The fourth-order valence-corrected chi connectivity index (χ4v) is 4.33. The molecular formula is C23H34N4O3. The fraction of sp³-hybridized carbons (Fsp3) is 0.565. The first-order chi connectivity index (χ1) is 14.3. The van der Waals surface area contributed by atoms with Crippen molar-refractivity contribution >= 4 is 11.4 Å². The molecule has 3 rings (SSSR count). The molecule has 1 aliphatic rings. The Morgan fingerprint density at radius 1 is 1.23 bits per heavy atom. The van der Waals surface area contributed by atoms with Crippen molar-refractivity contribution < 1.29 is 9.47 Å². The minimum Gasteiger partial charge on any atom is -0.383 e. The van der Waals surface area contributed by atoms with Gasteiger partial charge in [-0.15, -0.1) is 0 Å². The Kier molecular flexibility index (Phi) is 6.83. The highest BCUT2D eigenvalue weighted by Crippen LogP contribution is 2.30. The maximum absolute atomic E-state index is 13.6. The average molecular weight is 415 g/mol. The quantitative estimate of drug-likeness (QED) is 0.694. The number of hydrogen-bond donors (Lipinski definition) is 0. The van der Waals surface area contributed by atoms with Crippen molar-refractivity contribution in [1.82, 2.24) is 9.55 Å². The Labute approximate surface area is 179 Å². The predicted octanol–water partition coefficient (Wildman–Crippen LogP) is 2.85. The molecule has 7 nitrogen and oxygen atoms in total. The van der Waals surface area contributed by atoms with E-state index in [4.69, 9.17) is 14.5 Å². The molecule has 1 fully saturated rings. The second-order valence-corrected chi connectivity index (χ2v) is 8.17. The molecule has 0 radical (unpaired) electrons. The largest absolute Gasteiger partial charge is 0.383 e. The maximum atomic E-state index is 13.6. The van der Waals surface area contributed by atoms with Crippen LogP contribution < -0.4 is 15.4 Å². The molecule has 0 N–H and O–H groups in total. The summed E-state index contributed by atoms with van der Waals surface area (Å²) in [6.45, 7) is 7.76. The van der Waals surface area contributed by atoms with E-state index in [1.807, 2.05) is 27.9 Å². The molecule has 1 aromatic carbocycles. The molecule has 0 saturated carbocycles. The van der Waals surface area contributed by atoms with E-state index in [0.29, 0.717) is 25.4 Å². The molecule has 1 aliphatic heterocycles. The van der Waals surface area contributed by atoms with Gasteiger partial charge in [0.15, 0.2) is 0 Å². The normalized spacial score (nSPS) is 18.8. The smallest absolute Gasteiger partial charge is 0.277 e. The SMILES string of the molecule is CCn1c(-c2ccc(N(C)C)cc2C)nc(C)c(N2C[C@H](OC)C[C@H]2COC)c1=O. The third-order valence-electron chi connectivity index (χ3n) is 5.96. The van der Waals surface area contributed by atoms with E-state index in [1.165, 1.54) is 0 Å². The van der Waals surface area contributed by atoms with Gasteiger partial charge >= 0.3 is 0 Å². The Morgan fingerprint density at radius 3 is 2.53 bits per heavy atom. The van der Waals surface area contributed by atoms with Crippen LogP contribution in [0.5, 0.6) is 0 Å². The van der Waals surface area contributed by atoms with Gasteiger partial charge in [-0.25, -0.2) is 4.98 Å². The number of ether oxygens (including phenoxy) is 2. The summed E-state index contributed by atoms with van der Waals surface area (Å²) >= 11 is 0. The number of rotatable bonds is 7. The van der Waals surface area contributed by atoms with Crippen LogP contribution >= 0.6 is 0 Å². The van der Waals surface area contributed by atoms with E-state index in [0.717, 1.165) is 34.8 Å². The first-order valence-corrected chi connectivity index (χ1v) is 10.5. The zero-order valence-corrected chi connectivity index (χ0v) is 19.2. The number of anilines is 2. The van der Waals surface area contributed by atoms with Crippen molar-refractivity contribution in [3.05, 3.63) is 39.8 Å². The molecule has 0 aliphatic carbocycles. The van der Waals surface area contributed by atoms with Gasteiger partial charge in [0, 0.05) is 52.7 Å². The van der Waals surface area contributed by atoms with Crippen molar-refractivity contribution in [2.75, 3.05) is 51.3 Å². The molecule has 2 heterocycles. The first kappa shape index (κ1) is 22.3. The molecule has 0 amide bonds. The van der Waals surface area contributed by atoms with E-state index >= 15 is 0 Å². The predicted molar refractivity (Wildman–Crippen MR) is 122 cm³/mol. The van der Waals surface area contributed by atoms with E-state index in [2.05, 4.69) is 34.9 Å². The monoisotopic (exact) mass is 414 g/mol. The van der Waals surface area contributed by atoms with Crippen LogP contribution in [0.2, 0.25) is 0 Å². The number of nitrogens with zero attached hydrogens (tertiary/aromatic N) is 4. The molecule has 2 aromatic rings. The zero-order valence-electron chi connectivity index (χ0n) is 19.2. The summed E-state index contributed by atoms with van der Waals surface area (Å²) in [5.41, 5.74) is 4.60. The number of aromatic nitrogens is 2. The second kappa shape index (κ2) is 9.18. The highest BCUT2D eigenvalue weighted by molar-refractivity contribution is 5.67. The van der Waals surface area contributed by atoms with Crippen molar-refractivity contribution in [2.45, 2.75) is 45.9 Å². The lowest BCUT2D eigenvalue weighted by molar-refractivity contribution is 0.111. The molecule has 2 atom stereocenters. The summed E-state index contributed by atoms with van der Waals surface area (Å²) in [4.78, 5) is 22.7. The molecule has 164 valence electrons. The first-order valence-electron chi connectivity index (χ1n) is 10.5. The van der Waals surface area contributed by atoms with Gasteiger partial charge < -0.3 is 19.3 Å². The molecule has 30 heavy (non-hydrogen) atoms. The summed E-state index contributed by atoms with van der Waals surface area (Å²) in [5.74, 6) is 0.720. The average Bonchev–Trinajstić information content (AvgIpc) is 3.10. The van der Waals surface area contributed by atoms with Gasteiger partial charge in [-0.2, -0.15) is 0 Å². The lowest BCUT2D eigenvalue weighted by atomic mass is 10.1. The van der Waals surface area contributed by atoms with Gasteiger partial charge in [0.2, 0.25) is 0 Å². The second-order valence-electron chi connectivity index (χ2n) is 8.17. The lowest BCUT2D eigenvalue weighted by Crippen LogP contribution is -2.40. The summed E-state index contributed by atoms with van der Waals surface area (Å²) in [6.07, 6.45) is 0.918. The fourth-order valence-electron chi connectivity index (χ4n) is 4.33. The Morgan fingerprint density at radius 2 is 1.97 bits per heavy atom. The Balaban J connectivity index is 2.12. The third-order valence-corrected chi connectivity index (χ3v) is 5.96. The van der Waals surface area contributed by atoms with Crippen molar-refractivity contribution in [3.63, 3.8) is 0 Å². The number of benzene rings is 1. The summed E-state index contributed by atoms with van der Waals surface area (Å²) in [7, 11) is 7.45. The van der Waals surface area contributed by atoms with Crippen LogP contribution in [0.15, 0.2) is 23.0 Å². The van der Waals surface area contributed by atoms with Gasteiger partial charge in [-0.3, -0.25) is 9.36 Å². The molecule has 1 aromatic heterocycles. The third kappa shape index (κ3) is 4.09. The van der Waals surface area contributed by atoms with Crippen LogP contribution in [0.4, 0.5) is 11.4 Å². The summed E-state index contributed by atoms with van der Waals surface area (Å²) in [5, 5.41) is 0. The van der Waals surface area contributed by atoms with Crippen molar-refractivity contribution in [2.24, 2.45) is 0 Å². The number of methoxy groups -OCH3 is 2. The van der Waals surface area contributed by atoms with E-state index in [-0.39, 0.29) is 17.7 Å². The van der Waals surface area contributed by atoms with Crippen molar-refractivity contribution in [1.29, 1.82) is 0 Å². The zero-order chi connectivity index (χ0) is 22.0.